The topological polar surface area (TPSA) is 71.1 Å². The van der Waals surface area contributed by atoms with Gasteiger partial charge in [0.15, 0.2) is 0 Å². The molecule has 0 spiro atoms. The molecule has 1 aromatic carbocycles. The number of nitrogens with one attached hydrogen (secondary N) is 1. The average molecular weight is 375 g/mol. The molecule has 1 aromatic rings. The molecule has 0 atom stereocenters. The van der Waals surface area contributed by atoms with Gasteiger partial charge in [-0.1, -0.05) is 12.1 Å². The Morgan fingerprint density at radius 3 is 2.52 bits per heavy atom. The number of carbonyl (C=O) groups excluding carboxylic acids is 2. The number of anilines is 1. The van der Waals surface area contributed by atoms with Gasteiger partial charge in [-0.3, -0.25) is 9.59 Å². The summed E-state index contributed by atoms with van der Waals surface area (Å²) < 4.78 is 10.7. The summed E-state index contributed by atoms with van der Waals surface area (Å²) in [6.07, 6.45) is 2.30. The van der Waals surface area contributed by atoms with Crippen LogP contribution in [-0.2, 0) is 14.3 Å². The maximum absolute atomic E-state index is 12.2. The van der Waals surface area contributed by atoms with E-state index in [9.17, 15) is 9.59 Å². The van der Waals surface area contributed by atoms with Crippen molar-refractivity contribution in [2.45, 2.75) is 31.7 Å². The molecule has 0 radical (unpaired) electrons. The van der Waals surface area contributed by atoms with Gasteiger partial charge in [0.05, 0.1) is 26.0 Å². The number of piperidine rings is 1. The molecular weight excluding hydrogens is 346 g/mol. The summed E-state index contributed by atoms with van der Waals surface area (Å²) in [5, 5.41) is 3.09. The van der Waals surface area contributed by atoms with Crippen molar-refractivity contribution < 1.29 is 19.1 Å². The Hall–Kier alpha value is -2.28. The van der Waals surface area contributed by atoms with Gasteiger partial charge in [-0.05, 0) is 25.0 Å². The minimum atomic E-state index is -0.0349. The maximum Gasteiger partial charge on any atom is 0.223 e. The number of rotatable bonds is 6. The second-order valence-electron chi connectivity index (χ2n) is 6.99. The number of para-hydroxylation sites is 2. The van der Waals surface area contributed by atoms with E-state index in [4.69, 9.17) is 9.47 Å². The van der Waals surface area contributed by atoms with E-state index in [-0.39, 0.29) is 30.7 Å². The van der Waals surface area contributed by atoms with E-state index in [0.717, 1.165) is 37.4 Å². The lowest BCUT2D eigenvalue weighted by molar-refractivity contribution is -0.137. The Morgan fingerprint density at radius 2 is 1.81 bits per heavy atom. The van der Waals surface area contributed by atoms with Crippen molar-refractivity contribution in [1.82, 2.24) is 10.2 Å². The van der Waals surface area contributed by atoms with Crippen molar-refractivity contribution in [2.24, 2.45) is 0 Å². The lowest BCUT2D eigenvalue weighted by atomic mass is 10.0. The van der Waals surface area contributed by atoms with Gasteiger partial charge < -0.3 is 24.6 Å². The SMILES string of the molecule is COc1ccccc1N1CCC(NC(=O)CCC(=O)N2CCOCC2)CC1. The number of ether oxygens (including phenoxy) is 2. The molecule has 2 aliphatic rings. The van der Waals surface area contributed by atoms with E-state index in [0.29, 0.717) is 26.3 Å². The van der Waals surface area contributed by atoms with Gasteiger partial charge >= 0.3 is 0 Å². The van der Waals surface area contributed by atoms with Crippen LogP contribution >= 0.6 is 0 Å². The second-order valence-corrected chi connectivity index (χ2v) is 6.99. The van der Waals surface area contributed by atoms with E-state index in [1.165, 1.54) is 0 Å². The number of carbonyl (C=O) groups is 2. The Balaban J connectivity index is 1.39. The first-order chi connectivity index (χ1) is 13.2. The number of amides is 2. The van der Waals surface area contributed by atoms with Crippen LogP contribution in [0.3, 0.4) is 0 Å². The fraction of sp³-hybridized carbons (Fsp3) is 0.600. The molecule has 2 saturated heterocycles. The van der Waals surface area contributed by atoms with Gasteiger partial charge in [-0.25, -0.2) is 0 Å². The lowest BCUT2D eigenvalue weighted by Crippen LogP contribution is -2.45. The first-order valence-corrected chi connectivity index (χ1v) is 9.70. The van der Waals surface area contributed by atoms with Crippen LogP contribution in [0.15, 0.2) is 24.3 Å². The van der Waals surface area contributed by atoms with Crippen molar-refractivity contribution in [3.05, 3.63) is 24.3 Å². The monoisotopic (exact) mass is 375 g/mol. The molecule has 2 heterocycles. The van der Waals surface area contributed by atoms with Gasteiger partial charge in [0.25, 0.3) is 0 Å². The van der Waals surface area contributed by atoms with Crippen LogP contribution in [-0.4, -0.2) is 69.3 Å². The standard InChI is InChI=1S/C20H29N3O4/c1-26-18-5-3-2-4-17(18)22-10-8-16(9-11-22)21-19(24)6-7-20(25)23-12-14-27-15-13-23/h2-5,16H,6-15H2,1H3,(H,21,24). The van der Waals surface area contributed by atoms with Crippen LogP contribution in [0, 0.1) is 0 Å². The summed E-state index contributed by atoms with van der Waals surface area (Å²) in [5.74, 6) is 0.883. The second kappa shape index (κ2) is 9.60. The van der Waals surface area contributed by atoms with Crippen molar-refractivity contribution >= 4 is 17.5 Å². The summed E-state index contributed by atoms with van der Waals surface area (Å²) in [7, 11) is 1.68. The fourth-order valence-corrected chi connectivity index (χ4v) is 3.65. The molecule has 0 saturated carbocycles. The summed E-state index contributed by atoms with van der Waals surface area (Å²) in [6, 6.07) is 8.18. The van der Waals surface area contributed by atoms with E-state index in [2.05, 4.69) is 16.3 Å². The van der Waals surface area contributed by atoms with Crippen LogP contribution in [0.2, 0.25) is 0 Å². The highest BCUT2D eigenvalue weighted by Gasteiger charge is 2.23. The minimum Gasteiger partial charge on any atom is -0.495 e. The van der Waals surface area contributed by atoms with Crippen molar-refractivity contribution in [2.75, 3.05) is 51.4 Å². The zero-order valence-corrected chi connectivity index (χ0v) is 16.0. The highest BCUT2D eigenvalue weighted by atomic mass is 16.5. The number of benzene rings is 1. The molecule has 1 N–H and O–H groups in total. The number of morpholine rings is 1. The third kappa shape index (κ3) is 5.35. The van der Waals surface area contributed by atoms with Crippen molar-refractivity contribution in [1.29, 1.82) is 0 Å². The number of nitrogens with zero attached hydrogens (tertiary/aromatic N) is 2. The normalized spacial score (nSPS) is 18.3. The van der Waals surface area contributed by atoms with Crippen molar-refractivity contribution in [3.8, 4) is 5.75 Å². The molecule has 27 heavy (non-hydrogen) atoms. The third-order valence-corrected chi connectivity index (χ3v) is 5.22. The zero-order valence-electron chi connectivity index (χ0n) is 16.0. The molecule has 7 nitrogen and oxygen atoms in total. The van der Waals surface area contributed by atoms with E-state index < -0.39 is 0 Å². The first kappa shape index (κ1) is 19.5. The molecule has 2 aliphatic heterocycles. The molecule has 0 unspecified atom stereocenters. The smallest absolute Gasteiger partial charge is 0.223 e. The van der Waals surface area contributed by atoms with Crippen LogP contribution < -0.4 is 15.0 Å². The predicted molar refractivity (Wildman–Crippen MR) is 103 cm³/mol. The van der Waals surface area contributed by atoms with E-state index >= 15 is 0 Å². The summed E-state index contributed by atoms with van der Waals surface area (Å²) in [5.41, 5.74) is 1.10. The molecule has 0 aliphatic carbocycles. The molecule has 148 valence electrons. The van der Waals surface area contributed by atoms with Gasteiger partial charge in [-0.2, -0.15) is 0 Å². The summed E-state index contributed by atoms with van der Waals surface area (Å²) in [4.78, 5) is 28.4. The molecule has 2 amide bonds. The molecular formula is C20H29N3O4. The Morgan fingerprint density at radius 1 is 1.11 bits per heavy atom. The van der Waals surface area contributed by atoms with Gasteiger partial charge in [0.2, 0.25) is 11.8 Å². The van der Waals surface area contributed by atoms with Gasteiger partial charge in [-0.15, -0.1) is 0 Å². The highest BCUT2D eigenvalue weighted by Crippen LogP contribution is 2.29. The minimum absolute atomic E-state index is 0.0349. The third-order valence-electron chi connectivity index (χ3n) is 5.22. The average Bonchev–Trinajstić information content (AvgIpc) is 2.73. The van der Waals surface area contributed by atoms with Crippen LogP contribution in [0.5, 0.6) is 5.75 Å². The Kier molecular flexibility index (Phi) is 6.92. The first-order valence-electron chi connectivity index (χ1n) is 9.70. The Bertz CT molecular complexity index is 638. The maximum atomic E-state index is 12.2. The zero-order chi connectivity index (χ0) is 19.1. The molecule has 0 bridgehead atoms. The van der Waals surface area contributed by atoms with E-state index in [1.54, 1.807) is 12.0 Å². The highest BCUT2D eigenvalue weighted by molar-refractivity contribution is 5.84. The number of methoxy groups -OCH3 is 1. The van der Waals surface area contributed by atoms with Crippen LogP contribution in [0.1, 0.15) is 25.7 Å². The van der Waals surface area contributed by atoms with E-state index in [1.807, 2.05) is 18.2 Å². The quantitative estimate of drug-likeness (QED) is 0.814. The summed E-state index contributed by atoms with van der Waals surface area (Å²) >= 11 is 0. The van der Waals surface area contributed by atoms with Crippen molar-refractivity contribution in [3.63, 3.8) is 0 Å². The number of hydrogen-bond acceptors (Lipinski definition) is 5. The van der Waals surface area contributed by atoms with Crippen LogP contribution in [0.25, 0.3) is 0 Å². The van der Waals surface area contributed by atoms with Gasteiger partial charge in [0.1, 0.15) is 5.75 Å². The molecule has 7 heteroatoms. The molecule has 2 fully saturated rings. The number of hydrogen-bond donors (Lipinski definition) is 1. The van der Waals surface area contributed by atoms with Gasteiger partial charge in [0, 0.05) is 45.1 Å². The largest absolute Gasteiger partial charge is 0.495 e. The molecule has 3 rings (SSSR count). The fourth-order valence-electron chi connectivity index (χ4n) is 3.65. The Labute approximate surface area is 160 Å². The lowest BCUT2D eigenvalue weighted by Gasteiger charge is -2.34. The summed E-state index contributed by atoms with van der Waals surface area (Å²) in [6.45, 7) is 4.17. The van der Waals surface area contributed by atoms with Crippen LogP contribution in [0.4, 0.5) is 5.69 Å². The molecule has 0 aromatic heterocycles. The predicted octanol–water partition coefficient (Wildman–Crippen LogP) is 1.42.